The molecule has 9 heteroatoms. The number of hydrogen-bond donors (Lipinski definition) is 2. The first-order chi connectivity index (χ1) is 9.22. The molecule has 0 aliphatic carbocycles. The van der Waals surface area contributed by atoms with Gasteiger partial charge in [0.15, 0.2) is 5.25 Å². The SMILES string of the molecule is CCCCC(CC)COC(=O)C(CC(=O)O)S(=O)(=O)O.[Na]. The summed E-state index contributed by atoms with van der Waals surface area (Å²) in [6, 6.07) is 0. The molecule has 2 N–H and O–H groups in total. The summed E-state index contributed by atoms with van der Waals surface area (Å²) in [5.41, 5.74) is 0. The summed E-state index contributed by atoms with van der Waals surface area (Å²) in [7, 11) is -4.79. The molecule has 0 rings (SSSR count). The smallest absolute Gasteiger partial charge is 0.327 e. The minimum absolute atomic E-state index is 0. The van der Waals surface area contributed by atoms with Gasteiger partial charge >= 0.3 is 11.9 Å². The summed E-state index contributed by atoms with van der Waals surface area (Å²) in [4.78, 5) is 22.1. The van der Waals surface area contributed by atoms with Crippen molar-refractivity contribution in [1.82, 2.24) is 0 Å². The number of carboxylic acids is 1. The van der Waals surface area contributed by atoms with E-state index in [1.54, 1.807) is 0 Å². The van der Waals surface area contributed by atoms with Crippen LogP contribution in [-0.2, 0) is 24.4 Å². The van der Waals surface area contributed by atoms with Gasteiger partial charge in [0.2, 0.25) is 0 Å². The monoisotopic (exact) mass is 333 g/mol. The van der Waals surface area contributed by atoms with Gasteiger partial charge in [0.05, 0.1) is 13.0 Å². The number of ether oxygens (including phenoxy) is 1. The zero-order valence-corrected chi connectivity index (χ0v) is 15.6. The summed E-state index contributed by atoms with van der Waals surface area (Å²) in [5, 5.41) is 6.49. The number of rotatable bonds is 10. The minimum Gasteiger partial charge on any atom is -0.481 e. The van der Waals surface area contributed by atoms with Gasteiger partial charge in [-0.15, -0.1) is 0 Å². The second-order valence-corrected chi connectivity index (χ2v) is 6.25. The van der Waals surface area contributed by atoms with Crippen molar-refractivity contribution in [2.24, 2.45) is 5.92 Å². The summed E-state index contributed by atoms with van der Waals surface area (Å²) < 4.78 is 35.7. The number of unbranched alkanes of at least 4 members (excludes halogenated alkanes) is 1. The van der Waals surface area contributed by atoms with Gasteiger partial charge in [-0.3, -0.25) is 14.1 Å². The summed E-state index contributed by atoms with van der Waals surface area (Å²) in [6.45, 7) is 3.98. The fraction of sp³-hybridized carbons (Fsp3) is 0.833. The van der Waals surface area contributed by atoms with Crippen molar-refractivity contribution >= 4 is 51.6 Å². The molecule has 0 aromatic heterocycles. The summed E-state index contributed by atoms with van der Waals surface area (Å²) in [6.07, 6.45) is 2.56. The summed E-state index contributed by atoms with van der Waals surface area (Å²) in [5.74, 6) is -2.61. The first kappa shape index (κ1) is 23.1. The van der Waals surface area contributed by atoms with Gasteiger partial charge in [0.1, 0.15) is 0 Å². The van der Waals surface area contributed by atoms with Crippen LogP contribution in [0.2, 0.25) is 0 Å². The third-order valence-corrected chi connectivity index (χ3v) is 4.07. The predicted molar refractivity (Wildman–Crippen MR) is 77.6 cm³/mol. The maximum absolute atomic E-state index is 11.6. The molecular formula is C12H22NaO7S. The molecule has 7 nitrogen and oxygen atoms in total. The van der Waals surface area contributed by atoms with Crippen LogP contribution in [-0.4, -0.2) is 71.4 Å². The van der Waals surface area contributed by atoms with Crippen molar-refractivity contribution in [3.05, 3.63) is 0 Å². The largest absolute Gasteiger partial charge is 0.481 e. The molecule has 0 amide bonds. The Balaban J connectivity index is 0. The van der Waals surface area contributed by atoms with Crippen LogP contribution >= 0.6 is 0 Å². The van der Waals surface area contributed by atoms with Crippen molar-refractivity contribution in [1.29, 1.82) is 0 Å². The third-order valence-electron chi connectivity index (χ3n) is 2.99. The Morgan fingerprint density at radius 3 is 2.19 bits per heavy atom. The average molecular weight is 333 g/mol. The number of carboxylic acid groups (broad SMARTS) is 1. The van der Waals surface area contributed by atoms with E-state index in [9.17, 15) is 18.0 Å². The van der Waals surface area contributed by atoms with Gasteiger partial charge in [-0.05, 0) is 12.3 Å². The number of aliphatic carboxylic acids is 1. The standard InChI is InChI=1S/C12H22O7S.Na/c1-3-5-6-9(4-2)8-19-12(15)10(7-11(13)14)20(16,17)18;/h9-10H,3-8H2,1-2H3,(H,13,14)(H,16,17,18);. The second-order valence-electron chi connectivity index (χ2n) is 4.65. The zero-order valence-electron chi connectivity index (χ0n) is 12.7. The Hall–Kier alpha value is -0.150. The normalized spacial score (nSPS) is 13.9. The molecule has 2 atom stereocenters. The quantitative estimate of drug-likeness (QED) is 0.349. The molecule has 21 heavy (non-hydrogen) atoms. The van der Waals surface area contributed by atoms with Gasteiger partial charge in [0.25, 0.3) is 10.1 Å². The summed E-state index contributed by atoms with van der Waals surface area (Å²) >= 11 is 0. The third kappa shape index (κ3) is 10.2. The van der Waals surface area contributed by atoms with Crippen LogP contribution in [0, 0.1) is 5.92 Å². The molecule has 0 spiro atoms. The molecule has 1 radical (unpaired) electrons. The molecule has 0 aliphatic rings. The fourth-order valence-corrected chi connectivity index (χ4v) is 2.32. The zero-order chi connectivity index (χ0) is 15.8. The van der Waals surface area contributed by atoms with Crippen molar-refractivity contribution in [2.75, 3.05) is 6.61 Å². The van der Waals surface area contributed by atoms with E-state index >= 15 is 0 Å². The topological polar surface area (TPSA) is 118 Å². The van der Waals surface area contributed by atoms with Crippen molar-refractivity contribution in [3.8, 4) is 0 Å². The molecule has 0 aromatic carbocycles. The molecule has 0 saturated carbocycles. The maximum atomic E-state index is 11.6. The minimum atomic E-state index is -4.79. The van der Waals surface area contributed by atoms with E-state index in [4.69, 9.17) is 14.4 Å². The van der Waals surface area contributed by atoms with E-state index in [0.717, 1.165) is 25.7 Å². The number of carbonyl (C=O) groups excluding carboxylic acids is 1. The van der Waals surface area contributed by atoms with Crippen LogP contribution in [0.5, 0.6) is 0 Å². The predicted octanol–water partition coefficient (Wildman–Crippen LogP) is 1.10. The van der Waals surface area contributed by atoms with Gasteiger partial charge in [-0.2, -0.15) is 8.42 Å². The van der Waals surface area contributed by atoms with E-state index in [1.807, 2.05) is 13.8 Å². The van der Waals surface area contributed by atoms with E-state index in [1.165, 1.54) is 0 Å². The van der Waals surface area contributed by atoms with Crippen molar-refractivity contribution in [3.63, 3.8) is 0 Å². The Kier molecular flexibility index (Phi) is 12.6. The molecule has 0 saturated heterocycles. The van der Waals surface area contributed by atoms with Gasteiger partial charge in [-0.25, -0.2) is 0 Å². The number of carbonyl (C=O) groups is 2. The van der Waals surface area contributed by atoms with Crippen LogP contribution in [0.3, 0.4) is 0 Å². The van der Waals surface area contributed by atoms with E-state index in [-0.39, 0.29) is 42.1 Å². The van der Waals surface area contributed by atoms with Gasteiger partial charge < -0.3 is 9.84 Å². The Labute approximate surface area is 147 Å². The van der Waals surface area contributed by atoms with E-state index < -0.39 is 33.7 Å². The van der Waals surface area contributed by atoms with Crippen LogP contribution in [0.15, 0.2) is 0 Å². The first-order valence-corrected chi connectivity index (χ1v) is 8.07. The average Bonchev–Trinajstić information content (AvgIpc) is 2.34. The molecule has 0 heterocycles. The Bertz CT molecular complexity index is 421. The molecule has 0 aliphatic heterocycles. The molecule has 0 aromatic rings. The number of esters is 1. The van der Waals surface area contributed by atoms with Crippen LogP contribution in [0.1, 0.15) is 46.0 Å². The second kappa shape index (κ2) is 11.4. The van der Waals surface area contributed by atoms with Gasteiger partial charge in [0, 0.05) is 29.6 Å². The fourth-order valence-electron chi connectivity index (χ4n) is 1.66. The molecule has 0 fully saturated rings. The Morgan fingerprint density at radius 2 is 1.81 bits per heavy atom. The van der Waals surface area contributed by atoms with Crippen LogP contribution in [0.4, 0.5) is 0 Å². The van der Waals surface area contributed by atoms with Crippen LogP contribution < -0.4 is 0 Å². The van der Waals surface area contributed by atoms with Crippen LogP contribution in [0.25, 0.3) is 0 Å². The molecule has 119 valence electrons. The Morgan fingerprint density at radius 1 is 1.24 bits per heavy atom. The van der Waals surface area contributed by atoms with Gasteiger partial charge in [-0.1, -0.05) is 33.1 Å². The van der Waals surface area contributed by atoms with Crippen molar-refractivity contribution in [2.45, 2.75) is 51.2 Å². The first-order valence-electron chi connectivity index (χ1n) is 6.57. The maximum Gasteiger partial charge on any atom is 0.327 e. The van der Waals surface area contributed by atoms with E-state index in [2.05, 4.69) is 0 Å². The molecule has 0 bridgehead atoms. The number of hydrogen-bond acceptors (Lipinski definition) is 5. The van der Waals surface area contributed by atoms with Crippen molar-refractivity contribution < 1.29 is 32.4 Å². The molecular weight excluding hydrogens is 311 g/mol. The van der Waals surface area contributed by atoms with E-state index in [0.29, 0.717) is 0 Å². The molecule has 2 unspecified atom stereocenters.